The predicted molar refractivity (Wildman–Crippen MR) is 112 cm³/mol. The molecule has 1 aromatic carbocycles. The summed E-state index contributed by atoms with van der Waals surface area (Å²) in [5.41, 5.74) is 4.04. The summed E-state index contributed by atoms with van der Waals surface area (Å²) in [6.07, 6.45) is 6.50. The van der Waals surface area contributed by atoms with Crippen molar-refractivity contribution in [2.75, 3.05) is 19.6 Å². The molecule has 3 aromatic rings. The van der Waals surface area contributed by atoms with Crippen LogP contribution in [0.2, 0.25) is 0 Å². The highest BCUT2D eigenvalue weighted by atomic mass is 35.5. The summed E-state index contributed by atoms with van der Waals surface area (Å²) in [7, 11) is 0. The molecule has 1 unspecified atom stereocenters. The topological polar surface area (TPSA) is 49.6 Å². The van der Waals surface area contributed by atoms with Gasteiger partial charge in [0.25, 0.3) is 5.91 Å². The van der Waals surface area contributed by atoms with Crippen LogP contribution in [0.1, 0.15) is 34.5 Å². The number of rotatable bonds is 3. The zero-order valence-corrected chi connectivity index (χ0v) is 16.8. The Morgan fingerprint density at radius 1 is 1.19 bits per heavy atom. The highest BCUT2D eigenvalue weighted by Gasteiger charge is 2.28. The molecule has 0 radical (unpaired) electrons. The quantitative estimate of drug-likeness (QED) is 0.723. The molecular weight excluding hydrogens is 383 g/mol. The number of carbonyl (C=O) groups excluding carboxylic acids is 1. The number of hydrogen-bond acceptors (Lipinski definition) is 3. The molecule has 1 saturated heterocycles. The molecule has 1 fully saturated rings. The molecule has 7 heteroatoms. The highest BCUT2D eigenvalue weighted by Crippen LogP contribution is 2.25. The maximum absolute atomic E-state index is 13.1. The molecule has 1 atom stereocenters. The lowest BCUT2D eigenvalue weighted by atomic mass is 10.00. The van der Waals surface area contributed by atoms with Gasteiger partial charge < -0.3 is 14.6 Å². The van der Waals surface area contributed by atoms with Gasteiger partial charge in [-0.05, 0) is 29.7 Å². The Morgan fingerprint density at radius 2 is 1.96 bits per heavy atom. The van der Waals surface area contributed by atoms with Gasteiger partial charge in [0.05, 0.1) is 11.6 Å². The first-order valence-corrected chi connectivity index (χ1v) is 8.79. The molecule has 1 amide bonds. The second kappa shape index (κ2) is 9.22. The van der Waals surface area contributed by atoms with E-state index in [4.69, 9.17) is 0 Å². The van der Waals surface area contributed by atoms with Gasteiger partial charge in [-0.2, -0.15) is 0 Å². The molecule has 2 aromatic heterocycles. The van der Waals surface area contributed by atoms with E-state index < -0.39 is 0 Å². The lowest BCUT2D eigenvalue weighted by Gasteiger charge is -2.36. The van der Waals surface area contributed by atoms with Gasteiger partial charge in [-0.3, -0.25) is 4.79 Å². The number of pyridine rings is 1. The Bertz CT molecular complexity index is 894. The zero-order chi connectivity index (χ0) is 17.2. The van der Waals surface area contributed by atoms with Crippen LogP contribution in [0.5, 0.6) is 0 Å². The third kappa shape index (κ3) is 4.26. The van der Waals surface area contributed by atoms with E-state index in [0.717, 1.165) is 25.2 Å². The zero-order valence-electron chi connectivity index (χ0n) is 15.2. The van der Waals surface area contributed by atoms with Gasteiger partial charge >= 0.3 is 0 Å². The Hall–Kier alpha value is -2.08. The number of imidazole rings is 1. The Morgan fingerprint density at radius 3 is 2.70 bits per heavy atom. The monoisotopic (exact) mass is 406 g/mol. The first kappa shape index (κ1) is 21.2. The Labute approximate surface area is 171 Å². The minimum absolute atomic E-state index is 0. The molecule has 5 nitrogen and oxygen atoms in total. The minimum atomic E-state index is 0. The van der Waals surface area contributed by atoms with Crippen molar-refractivity contribution in [1.82, 2.24) is 19.6 Å². The number of carbonyl (C=O) groups is 1. The summed E-state index contributed by atoms with van der Waals surface area (Å²) in [6, 6.07) is 12.4. The fourth-order valence-corrected chi connectivity index (χ4v) is 3.43. The SMILES string of the molecule is CCc1ccc(C2CNCCN2C(=O)c2ccc3nccn3c2)cc1.Cl.Cl. The molecule has 1 N–H and O–H groups in total. The Kier molecular flexibility index (Phi) is 7.25. The van der Waals surface area contributed by atoms with E-state index in [9.17, 15) is 4.79 Å². The van der Waals surface area contributed by atoms with Gasteiger partial charge in [0.1, 0.15) is 5.65 Å². The average molecular weight is 407 g/mol. The normalized spacial score (nSPS) is 16.5. The van der Waals surface area contributed by atoms with Gasteiger partial charge in [-0.1, -0.05) is 31.2 Å². The van der Waals surface area contributed by atoms with Crippen molar-refractivity contribution in [3.05, 3.63) is 71.7 Å². The van der Waals surface area contributed by atoms with Gasteiger partial charge in [0.2, 0.25) is 0 Å². The third-order valence-electron chi connectivity index (χ3n) is 4.91. The number of nitrogens with zero attached hydrogens (tertiary/aromatic N) is 3. The lowest BCUT2D eigenvalue weighted by molar-refractivity contribution is 0.0634. The van der Waals surface area contributed by atoms with E-state index in [1.807, 2.05) is 33.8 Å². The van der Waals surface area contributed by atoms with Crippen molar-refractivity contribution in [3.63, 3.8) is 0 Å². The molecule has 4 rings (SSSR count). The molecule has 1 aliphatic heterocycles. The van der Waals surface area contributed by atoms with Crippen molar-refractivity contribution in [3.8, 4) is 0 Å². The Balaban J connectivity index is 0.00000131. The van der Waals surface area contributed by atoms with Crippen LogP contribution in [0.15, 0.2) is 55.0 Å². The number of benzene rings is 1. The molecule has 0 saturated carbocycles. The number of piperazine rings is 1. The summed E-state index contributed by atoms with van der Waals surface area (Å²) >= 11 is 0. The first-order valence-electron chi connectivity index (χ1n) is 8.79. The van der Waals surface area contributed by atoms with Crippen LogP contribution in [0, 0.1) is 0 Å². The van der Waals surface area contributed by atoms with Crippen molar-refractivity contribution < 1.29 is 4.79 Å². The summed E-state index contributed by atoms with van der Waals surface area (Å²) in [6.45, 7) is 4.47. The van der Waals surface area contributed by atoms with Crippen LogP contribution in [-0.2, 0) is 6.42 Å². The van der Waals surface area contributed by atoms with E-state index in [1.54, 1.807) is 6.20 Å². The number of hydrogen-bond donors (Lipinski definition) is 1. The number of aryl methyl sites for hydroxylation is 1. The van der Waals surface area contributed by atoms with Crippen molar-refractivity contribution >= 4 is 36.4 Å². The van der Waals surface area contributed by atoms with E-state index in [0.29, 0.717) is 12.1 Å². The van der Waals surface area contributed by atoms with Crippen molar-refractivity contribution in [1.29, 1.82) is 0 Å². The van der Waals surface area contributed by atoms with Gasteiger partial charge in [0.15, 0.2) is 0 Å². The molecule has 0 aliphatic carbocycles. The van der Waals surface area contributed by atoms with E-state index in [-0.39, 0.29) is 36.8 Å². The molecule has 1 aliphatic rings. The second-order valence-electron chi connectivity index (χ2n) is 6.42. The third-order valence-corrected chi connectivity index (χ3v) is 4.91. The summed E-state index contributed by atoms with van der Waals surface area (Å²) in [5.74, 6) is 0.0710. The predicted octanol–water partition coefficient (Wildman–Crippen LogP) is 3.53. The second-order valence-corrected chi connectivity index (χ2v) is 6.42. The largest absolute Gasteiger partial charge is 0.329 e. The van der Waals surface area contributed by atoms with Crippen LogP contribution >= 0.6 is 24.8 Å². The van der Waals surface area contributed by atoms with Gasteiger partial charge in [0, 0.05) is 38.2 Å². The maximum atomic E-state index is 13.1. The van der Waals surface area contributed by atoms with Gasteiger partial charge in [-0.25, -0.2) is 4.98 Å². The highest BCUT2D eigenvalue weighted by molar-refractivity contribution is 5.94. The first-order chi connectivity index (χ1) is 12.3. The molecule has 0 bridgehead atoms. The number of fused-ring (bicyclic) bond motifs is 1. The van der Waals surface area contributed by atoms with Gasteiger partial charge in [-0.15, -0.1) is 24.8 Å². The van der Waals surface area contributed by atoms with E-state index in [1.165, 1.54) is 11.1 Å². The summed E-state index contributed by atoms with van der Waals surface area (Å²) in [5, 5.41) is 3.41. The molecule has 0 spiro atoms. The van der Waals surface area contributed by atoms with Crippen LogP contribution in [0.4, 0.5) is 0 Å². The lowest BCUT2D eigenvalue weighted by Crippen LogP contribution is -2.48. The number of halogens is 2. The summed E-state index contributed by atoms with van der Waals surface area (Å²) in [4.78, 5) is 19.4. The van der Waals surface area contributed by atoms with Crippen LogP contribution in [0.25, 0.3) is 5.65 Å². The van der Waals surface area contributed by atoms with Crippen molar-refractivity contribution in [2.45, 2.75) is 19.4 Å². The average Bonchev–Trinajstić information content (AvgIpc) is 3.15. The molecule has 3 heterocycles. The van der Waals surface area contributed by atoms with E-state index >= 15 is 0 Å². The summed E-state index contributed by atoms with van der Waals surface area (Å²) < 4.78 is 1.89. The van der Waals surface area contributed by atoms with Crippen LogP contribution in [0.3, 0.4) is 0 Å². The standard InChI is InChI=1S/C20H22N4O.2ClH/c1-2-15-3-5-16(6-4-15)18-13-21-9-12-24(18)20(25)17-7-8-19-22-10-11-23(19)14-17;;/h3-8,10-11,14,18,21H,2,9,12-13H2,1H3;2*1H. The minimum Gasteiger partial charge on any atom is -0.329 e. The smallest absolute Gasteiger partial charge is 0.255 e. The molecule has 27 heavy (non-hydrogen) atoms. The number of amides is 1. The van der Waals surface area contributed by atoms with Crippen LogP contribution in [-0.4, -0.2) is 39.8 Å². The van der Waals surface area contributed by atoms with Crippen molar-refractivity contribution in [2.24, 2.45) is 0 Å². The fraction of sp³-hybridized carbons (Fsp3) is 0.300. The fourth-order valence-electron chi connectivity index (χ4n) is 3.43. The maximum Gasteiger partial charge on any atom is 0.255 e. The molecule has 144 valence electrons. The molecular formula is C20H24Cl2N4O. The van der Waals surface area contributed by atoms with E-state index in [2.05, 4.69) is 41.5 Å². The number of nitrogens with one attached hydrogen (secondary N) is 1. The van der Waals surface area contributed by atoms with Crippen LogP contribution < -0.4 is 5.32 Å². The number of aromatic nitrogens is 2.